The zero-order valence-electron chi connectivity index (χ0n) is 22.4. The van der Waals surface area contributed by atoms with Gasteiger partial charge in [-0.05, 0) is 50.1 Å². The monoisotopic (exact) mass is 551 g/mol. The molecule has 210 valence electrons. The van der Waals surface area contributed by atoms with Crippen molar-refractivity contribution in [2.45, 2.75) is 32.9 Å². The molecule has 1 fully saturated rings. The number of benzene rings is 2. The summed E-state index contributed by atoms with van der Waals surface area (Å²) in [6.07, 6.45) is 1.78. The smallest absolute Gasteiger partial charge is 0.276 e. The van der Waals surface area contributed by atoms with Gasteiger partial charge in [-0.2, -0.15) is 14.9 Å². The van der Waals surface area contributed by atoms with E-state index in [2.05, 4.69) is 32.7 Å². The molecule has 10 nitrogen and oxygen atoms in total. The molecule has 3 N–H and O–H groups in total. The van der Waals surface area contributed by atoms with Gasteiger partial charge in [-0.15, -0.1) is 0 Å². The van der Waals surface area contributed by atoms with E-state index in [4.69, 9.17) is 0 Å². The van der Waals surface area contributed by atoms with Gasteiger partial charge in [0.25, 0.3) is 11.5 Å². The molecule has 0 spiro atoms. The van der Waals surface area contributed by atoms with Gasteiger partial charge in [0, 0.05) is 43.2 Å². The first-order valence-corrected chi connectivity index (χ1v) is 13.1. The maximum absolute atomic E-state index is 14.4. The number of carbonyl (C=O) groups excluding carboxylic acids is 1. The van der Waals surface area contributed by atoms with E-state index in [1.807, 2.05) is 24.6 Å². The normalized spacial score (nSPS) is 17.2. The lowest BCUT2D eigenvalue weighted by Gasteiger charge is -2.24. The van der Waals surface area contributed by atoms with Crippen molar-refractivity contribution in [3.63, 3.8) is 0 Å². The Morgan fingerprint density at radius 2 is 1.85 bits per heavy atom. The van der Waals surface area contributed by atoms with Crippen molar-refractivity contribution in [1.82, 2.24) is 24.9 Å². The fourth-order valence-electron chi connectivity index (χ4n) is 5.19. The second kappa shape index (κ2) is 11.1. The van der Waals surface area contributed by atoms with Crippen molar-refractivity contribution < 1.29 is 18.7 Å². The second-order valence-corrected chi connectivity index (χ2v) is 10.2. The van der Waals surface area contributed by atoms with Crippen LogP contribution in [0.1, 0.15) is 37.3 Å². The maximum atomic E-state index is 14.4. The van der Waals surface area contributed by atoms with E-state index in [0.29, 0.717) is 30.0 Å². The highest BCUT2D eigenvalue weighted by Crippen LogP contribution is 2.38. The van der Waals surface area contributed by atoms with E-state index in [0.717, 1.165) is 34.8 Å². The van der Waals surface area contributed by atoms with Gasteiger partial charge in [-0.3, -0.25) is 14.3 Å². The molecule has 3 heterocycles. The summed E-state index contributed by atoms with van der Waals surface area (Å²) in [4.78, 5) is 28.0. The fourth-order valence-corrected chi connectivity index (χ4v) is 5.19. The molecule has 2 aromatic heterocycles. The minimum Gasteiger partial charge on any atom is -0.395 e. The lowest BCUT2D eigenvalue weighted by molar-refractivity contribution is 0.102. The first-order valence-electron chi connectivity index (χ1n) is 13.1. The van der Waals surface area contributed by atoms with Crippen molar-refractivity contribution in [3.8, 4) is 5.69 Å². The van der Waals surface area contributed by atoms with E-state index in [1.165, 1.54) is 12.1 Å². The van der Waals surface area contributed by atoms with Gasteiger partial charge in [0.2, 0.25) is 0 Å². The molecule has 2 aromatic carbocycles. The summed E-state index contributed by atoms with van der Waals surface area (Å²) in [5.74, 6) is -2.33. The quantitative estimate of drug-likeness (QED) is 0.308. The van der Waals surface area contributed by atoms with Crippen LogP contribution in [0.5, 0.6) is 0 Å². The highest BCUT2D eigenvalue weighted by molar-refractivity contribution is 6.09. The van der Waals surface area contributed by atoms with E-state index in [-0.39, 0.29) is 30.3 Å². The molecule has 1 unspecified atom stereocenters. The number of aromatic nitrogens is 4. The summed E-state index contributed by atoms with van der Waals surface area (Å²) in [7, 11) is 0. The molecular formula is C28H31F2N7O3. The van der Waals surface area contributed by atoms with Crippen LogP contribution in [0, 0.1) is 17.6 Å². The fraction of sp³-hybridized carbons (Fsp3) is 0.357. The van der Waals surface area contributed by atoms with Crippen molar-refractivity contribution in [3.05, 3.63) is 76.3 Å². The number of nitrogens with one attached hydrogen (secondary N) is 2. The molecule has 4 aromatic rings. The lowest BCUT2D eigenvalue weighted by atomic mass is 10.1. The Labute approximate surface area is 229 Å². The molecular weight excluding hydrogens is 520 g/mol. The van der Waals surface area contributed by atoms with Crippen LogP contribution in [-0.4, -0.2) is 62.9 Å². The van der Waals surface area contributed by atoms with E-state index >= 15 is 0 Å². The molecule has 0 bridgehead atoms. The predicted molar refractivity (Wildman–Crippen MR) is 148 cm³/mol. The Kier molecular flexibility index (Phi) is 7.63. The summed E-state index contributed by atoms with van der Waals surface area (Å²) in [5, 5.41) is 25.0. The van der Waals surface area contributed by atoms with Gasteiger partial charge in [0.15, 0.2) is 11.6 Å². The first-order chi connectivity index (χ1) is 19.2. The Bertz CT molecular complexity index is 1600. The Hall–Kier alpha value is -4.16. The minimum atomic E-state index is -0.977. The summed E-state index contributed by atoms with van der Waals surface area (Å²) >= 11 is 0. The van der Waals surface area contributed by atoms with Crippen LogP contribution in [0.3, 0.4) is 0 Å². The largest absolute Gasteiger partial charge is 0.395 e. The Balaban J connectivity index is 1.54. The van der Waals surface area contributed by atoms with Crippen LogP contribution in [0.2, 0.25) is 0 Å². The maximum Gasteiger partial charge on any atom is 0.276 e. The van der Waals surface area contributed by atoms with Crippen molar-refractivity contribution in [2.75, 3.05) is 36.5 Å². The molecule has 0 saturated carbocycles. The number of anilines is 2. The summed E-state index contributed by atoms with van der Waals surface area (Å²) in [6.45, 7) is 8.06. The van der Waals surface area contributed by atoms with Crippen molar-refractivity contribution >= 4 is 28.2 Å². The topological polar surface area (TPSA) is 117 Å². The number of carbonyl (C=O) groups is 1. The van der Waals surface area contributed by atoms with Crippen LogP contribution in [-0.2, 0) is 0 Å². The molecule has 1 amide bonds. The van der Waals surface area contributed by atoms with E-state index in [1.54, 1.807) is 12.3 Å². The predicted octanol–water partition coefficient (Wildman–Crippen LogP) is 3.10. The number of halogens is 2. The summed E-state index contributed by atoms with van der Waals surface area (Å²) in [5.41, 5.74) is 0.570. The number of aliphatic hydroxyl groups excluding tert-OH is 1. The van der Waals surface area contributed by atoms with Crippen LogP contribution in [0.4, 0.5) is 20.2 Å². The second-order valence-electron chi connectivity index (χ2n) is 10.2. The molecule has 2 atom stereocenters. The first kappa shape index (κ1) is 27.4. The zero-order valence-corrected chi connectivity index (χ0v) is 22.4. The number of nitrogens with zero attached hydrogens (tertiary/aromatic N) is 5. The standard InChI is InChI=1S/C28H31F2N7O3/c1-16(2)36-24-9-7-21(26(18(24)13-32-36)35-14-17(3)23(15-35)31-11-12-38)33-28(40)22-8-10-25(39)37(34-22)27-19(29)5-4-6-20(27)30/h4-10,13,16-17,23,31,38H,11-12,14-15H2,1-3H3,(H,33,40)/t17-,23?/m1/s1. The third-order valence-corrected chi connectivity index (χ3v) is 7.12. The van der Waals surface area contributed by atoms with Crippen LogP contribution >= 0.6 is 0 Å². The van der Waals surface area contributed by atoms with Crippen molar-refractivity contribution in [1.29, 1.82) is 0 Å². The van der Waals surface area contributed by atoms with E-state index < -0.39 is 28.8 Å². The van der Waals surface area contributed by atoms with Crippen LogP contribution in [0.25, 0.3) is 16.6 Å². The van der Waals surface area contributed by atoms with Crippen LogP contribution in [0.15, 0.2) is 53.5 Å². The highest BCUT2D eigenvalue weighted by atomic mass is 19.1. The van der Waals surface area contributed by atoms with Crippen molar-refractivity contribution in [2.24, 2.45) is 5.92 Å². The third-order valence-electron chi connectivity index (χ3n) is 7.12. The van der Waals surface area contributed by atoms with Gasteiger partial charge in [-0.1, -0.05) is 13.0 Å². The van der Waals surface area contributed by atoms with Gasteiger partial charge in [0.05, 0.1) is 29.7 Å². The SMILES string of the molecule is CC(C)n1ncc2c(N3CC(NCCO)[C@H](C)C3)c(NC(=O)c3ccc(=O)n(-c4c(F)cccc4F)n3)ccc21. The number of amides is 1. The summed E-state index contributed by atoms with van der Waals surface area (Å²) < 4.78 is 31.3. The number of para-hydroxylation sites is 1. The molecule has 5 rings (SSSR count). The molecule has 40 heavy (non-hydrogen) atoms. The number of hydrogen-bond donors (Lipinski definition) is 3. The molecule has 1 aliphatic rings. The van der Waals surface area contributed by atoms with Gasteiger partial charge in [0.1, 0.15) is 11.4 Å². The average Bonchev–Trinajstić information content (AvgIpc) is 3.51. The minimum absolute atomic E-state index is 0.0349. The Morgan fingerprint density at radius 3 is 2.55 bits per heavy atom. The lowest BCUT2D eigenvalue weighted by Crippen LogP contribution is -2.37. The number of hydrogen-bond acceptors (Lipinski definition) is 7. The average molecular weight is 552 g/mol. The van der Waals surface area contributed by atoms with Gasteiger partial charge >= 0.3 is 0 Å². The highest BCUT2D eigenvalue weighted by Gasteiger charge is 2.32. The van der Waals surface area contributed by atoms with Gasteiger partial charge in [-0.25, -0.2) is 8.78 Å². The number of aliphatic hydroxyl groups is 1. The molecule has 0 aliphatic carbocycles. The zero-order chi connectivity index (χ0) is 28.6. The number of rotatable bonds is 8. The Morgan fingerprint density at radius 1 is 1.10 bits per heavy atom. The molecule has 0 radical (unpaired) electrons. The molecule has 12 heteroatoms. The molecule has 1 saturated heterocycles. The van der Waals surface area contributed by atoms with Crippen LogP contribution < -0.4 is 21.1 Å². The summed E-state index contributed by atoms with van der Waals surface area (Å²) in [6, 6.07) is 9.39. The van der Waals surface area contributed by atoms with E-state index in [9.17, 15) is 23.5 Å². The number of fused-ring (bicyclic) bond motifs is 1. The third kappa shape index (κ3) is 5.07. The van der Waals surface area contributed by atoms with Gasteiger partial charge < -0.3 is 20.6 Å². The molecule has 1 aliphatic heterocycles.